The first-order valence-corrected chi connectivity index (χ1v) is 7.85. The highest BCUT2D eigenvalue weighted by atomic mass is 28.4. The van der Waals surface area contributed by atoms with Crippen molar-refractivity contribution in [2.24, 2.45) is 0 Å². The van der Waals surface area contributed by atoms with Crippen molar-refractivity contribution in [3.8, 4) is 0 Å². The van der Waals surface area contributed by atoms with E-state index in [0.29, 0.717) is 6.42 Å². The molecule has 0 rings (SSSR count). The van der Waals surface area contributed by atoms with E-state index in [2.05, 4.69) is 20.8 Å². The van der Waals surface area contributed by atoms with Crippen molar-refractivity contribution >= 4 is 14.6 Å². The molecule has 0 saturated heterocycles. The van der Waals surface area contributed by atoms with E-state index in [1.165, 1.54) is 18.1 Å². The summed E-state index contributed by atoms with van der Waals surface area (Å²) in [7, 11) is -1.38. The maximum Gasteiger partial charge on any atom is 0.191 e. The summed E-state index contributed by atoms with van der Waals surface area (Å²) >= 11 is 0. The fourth-order valence-electron chi connectivity index (χ4n) is 1.51. The molecule has 0 aliphatic carbocycles. The average Bonchev–Trinajstić information content (AvgIpc) is 2.20. The Hall–Kier alpha value is -0.153. The summed E-state index contributed by atoms with van der Waals surface area (Å²) < 4.78 is 5.96. The third kappa shape index (κ3) is 4.57. The second-order valence-corrected chi connectivity index (χ2v) is 8.18. The highest BCUT2D eigenvalue weighted by Gasteiger charge is 2.27. The van der Waals surface area contributed by atoms with Gasteiger partial charge in [0.2, 0.25) is 0 Å². The van der Waals surface area contributed by atoms with Gasteiger partial charge in [0.15, 0.2) is 8.32 Å². The molecule has 0 spiro atoms. The molecule has 0 aromatic heterocycles. The van der Waals surface area contributed by atoms with Gasteiger partial charge in [-0.1, -0.05) is 20.8 Å². The molecule has 13 heavy (non-hydrogen) atoms. The second kappa shape index (κ2) is 7.27. The van der Waals surface area contributed by atoms with Crippen molar-refractivity contribution in [1.82, 2.24) is 0 Å². The summed E-state index contributed by atoms with van der Waals surface area (Å²) in [6, 6.07) is 3.59. The van der Waals surface area contributed by atoms with Crippen LogP contribution in [0, 0.1) is 0 Å². The molecule has 0 aromatic rings. The lowest BCUT2D eigenvalue weighted by Gasteiger charge is -2.27. The number of carbonyl (C=O) groups is 1. The van der Waals surface area contributed by atoms with Gasteiger partial charge in [-0.25, -0.2) is 0 Å². The Morgan fingerprint density at radius 3 is 2.08 bits per heavy atom. The van der Waals surface area contributed by atoms with Crippen molar-refractivity contribution in [2.45, 2.75) is 51.7 Å². The van der Waals surface area contributed by atoms with Crippen molar-refractivity contribution in [3.63, 3.8) is 0 Å². The monoisotopic (exact) mass is 202 g/mol. The van der Waals surface area contributed by atoms with Gasteiger partial charge in [-0.2, -0.15) is 0 Å². The summed E-state index contributed by atoms with van der Waals surface area (Å²) in [5.41, 5.74) is 0. The van der Waals surface area contributed by atoms with Gasteiger partial charge in [0.05, 0.1) is 0 Å². The SMILES string of the molecule is CC[Si](CC)(CC)OCCCC=O. The molecule has 0 aromatic carbocycles. The number of rotatable bonds is 8. The predicted octanol–water partition coefficient (Wildman–Crippen LogP) is 2.99. The summed E-state index contributed by atoms with van der Waals surface area (Å²) in [6.07, 6.45) is 2.50. The molecule has 0 bridgehead atoms. The maximum absolute atomic E-state index is 10.1. The maximum atomic E-state index is 10.1. The van der Waals surface area contributed by atoms with Crippen LogP contribution in [0.3, 0.4) is 0 Å². The quantitative estimate of drug-likeness (QED) is 0.343. The first-order valence-electron chi connectivity index (χ1n) is 5.32. The first-order chi connectivity index (χ1) is 6.24. The summed E-state index contributed by atoms with van der Waals surface area (Å²) in [5, 5.41) is 0. The molecular weight excluding hydrogens is 180 g/mol. The Labute approximate surface area is 82.8 Å². The van der Waals surface area contributed by atoms with Crippen LogP contribution in [-0.2, 0) is 9.22 Å². The summed E-state index contributed by atoms with van der Waals surface area (Å²) in [6.45, 7) is 7.44. The van der Waals surface area contributed by atoms with Crippen LogP contribution in [0.4, 0.5) is 0 Å². The molecule has 0 heterocycles. The van der Waals surface area contributed by atoms with E-state index in [4.69, 9.17) is 4.43 Å². The van der Waals surface area contributed by atoms with Crippen LogP contribution in [0.1, 0.15) is 33.6 Å². The average molecular weight is 202 g/mol. The van der Waals surface area contributed by atoms with Crippen LogP contribution in [0.25, 0.3) is 0 Å². The Kier molecular flexibility index (Phi) is 7.18. The number of aldehydes is 1. The molecule has 0 aliphatic heterocycles. The topological polar surface area (TPSA) is 26.3 Å². The molecule has 2 nitrogen and oxygen atoms in total. The van der Waals surface area contributed by atoms with Gasteiger partial charge in [-0.05, 0) is 24.6 Å². The lowest BCUT2D eigenvalue weighted by Crippen LogP contribution is -2.36. The molecule has 0 saturated carbocycles. The van der Waals surface area contributed by atoms with Gasteiger partial charge in [-0.15, -0.1) is 0 Å². The molecule has 0 unspecified atom stereocenters. The number of unbranched alkanes of at least 4 members (excludes halogenated alkanes) is 1. The van der Waals surface area contributed by atoms with Gasteiger partial charge in [0.25, 0.3) is 0 Å². The number of carbonyl (C=O) groups excluding carboxylic acids is 1. The number of hydrogen-bond acceptors (Lipinski definition) is 2. The standard InChI is InChI=1S/C10H22O2Si/c1-4-13(5-2,6-3)12-10-8-7-9-11/h9H,4-8,10H2,1-3H3. The van der Waals surface area contributed by atoms with Crippen LogP contribution in [-0.4, -0.2) is 21.2 Å². The lowest BCUT2D eigenvalue weighted by atomic mass is 10.4. The van der Waals surface area contributed by atoms with Gasteiger partial charge < -0.3 is 9.22 Å². The van der Waals surface area contributed by atoms with Crippen molar-refractivity contribution in [3.05, 3.63) is 0 Å². The van der Waals surface area contributed by atoms with Crippen molar-refractivity contribution in [1.29, 1.82) is 0 Å². The smallest absolute Gasteiger partial charge is 0.191 e. The van der Waals surface area contributed by atoms with Crippen LogP contribution in [0.2, 0.25) is 18.1 Å². The predicted molar refractivity (Wildman–Crippen MR) is 58.4 cm³/mol. The minimum absolute atomic E-state index is 0.640. The summed E-state index contributed by atoms with van der Waals surface area (Å²) in [4.78, 5) is 10.1. The van der Waals surface area contributed by atoms with E-state index < -0.39 is 8.32 Å². The summed E-state index contributed by atoms with van der Waals surface area (Å²) in [5.74, 6) is 0. The zero-order valence-electron chi connectivity index (χ0n) is 9.14. The Morgan fingerprint density at radius 1 is 1.15 bits per heavy atom. The third-order valence-corrected chi connectivity index (χ3v) is 7.49. The van der Waals surface area contributed by atoms with E-state index in [1.54, 1.807) is 0 Å². The molecule has 0 fully saturated rings. The zero-order chi connectivity index (χ0) is 10.2. The Bertz CT molecular complexity index is 125. The molecular formula is C10H22O2Si. The van der Waals surface area contributed by atoms with Gasteiger partial charge in [0.1, 0.15) is 6.29 Å². The van der Waals surface area contributed by atoms with Crippen molar-refractivity contribution in [2.75, 3.05) is 6.61 Å². The molecule has 0 aliphatic rings. The van der Waals surface area contributed by atoms with Crippen LogP contribution < -0.4 is 0 Å². The van der Waals surface area contributed by atoms with Gasteiger partial charge >= 0.3 is 0 Å². The number of hydrogen-bond donors (Lipinski definition) is 0. The molecule has 0 atom stereocenters. The second-order valence-electron chi connectivity index (χ2n) is 3.40. The van der Waals surface area contributed by atoms with E-state index >= 15 is 0 Å². The fourth-order valence-corrected chi connectivity index (χ4v) is 4.20. The minimum Gasteiger partial charge on any atom is -0.417 e. The molecule has 0 N–H and O–H groups in total. The normalized spacial score (nSPS) is 11.6. The van der Waals surface area contributed by atoms with E-state index in [9.17, 15) is 4.79 Å². The molecule has 78 valence electrons. The van der Waals surface area contributed by atoms with Crippen LogP contribution in [0.15, 0.2) is 0 Å². The van der Waals surface area contributed by atoms with Gasteiger partial charge in [-0.3, -0.25) is 0 Å². The first kappa shape index (κ1) is 12.8. The Balaban J connectivity index is 3.74. The Morgan fingerprint density at radius 2 is 1.69 bits per heavy atom. The van der Waals surface area contributed by atoms with Crippen LogP contribution in [0.5, 0.6) is 0 Å². The van der Waals surface area contributed by atoms with Gasteiger partial charge in [0, 0.05) is 13.0 Å². The minimum atomic E-state index is -1.38. The van der Waals surface area contributed by atoms with E-state index in [-0.39, 0.29) is 0 Å². The highest BCUT2D eigenvalue weighted by molar-refractivity contribution is 6.73. The van der Waals surface area contributed by atoms with E-state index in [0.717, 1.165) is 19.3 Å². The zero-order valence-corrected chi connectivity index (χ0v) is 10.1. The molecule has 0 amide bonds. The van der Waals surface area contributed by atoms with Crippen molar-refractivity contribution < 1.29 is 9.22 Å². The molecule has 3 heteroatoms. The largest absolute Gasteiger partial charge is 0.417 e. The molecule has 0 radical (unpaired) electrons. The van der Waals surface area contributed by atoms with Crippen LogP contribution >= 0.6 is 0 Å². The van der Waals surface area contributed by atoms with E-state index in [1.807, 2.05) is 0 Å². The third-order valence-electron chi connectivity index (χ3n) is 2.81. The lowest BCUT2D eigenvalue weighted by molar-refractivity contribution is -0.108. The highest BCUT2D eigenvalue weighted by Crippen LogP contribution is 2.21. The fraction of sp³-hybridized carbons (Fsp3) is 0.900.